The SMILES string of the molecule is O=C(NCCCc1nc(-c2ccncc2)cs1)C1CC2CCCCC2N1. The van der Waals surface area contributed by atoms with Crippen LogP contribution in [0.3, 0.4) is 0 Å². The summed E-state index contributed by atoms with van der Waals surface area (Å²) in [7, 11) is 0. The molecule has 3 atom stereocenters. The Balaban J connectivity index is 1.20. The number of nitrogens with one attached hydrogen (secondary N) is 2. The van der Waals surface area contributed by atoms with Crippen LogP contribution in [-0.4, -0.2) is 34.5 Å². The zero-order valence-corrected chi connectivity index (χ0v) is 15.8. The van der Waals surface area contributed by atoms with Crippen molar-refractivity contribution in [2.45, 2.75) is 57.0 Å². The molecule has 3 unspecified atom stereocenters. The van der Waals surface area contributed by atoms with Crippen molar-refractivity contribution in [2.75, 3.05) is 6.54 Å². The molecule has 0 spiro atoms. The molecule has 2 aromatic heterocycles. The van der Waals surface area contributed by atoms with E-state index >= 15 is 0 Å². The number of pyridine rings is 1. The van der Waals surface area contributed by atoms with Gasteiger partial charge in [0.1, 0.15) is 0 Å². The van der Waals surface area contributed by atoms with Crippen molar-refractivity contribution in [3.8, 4) is 11.3 Å². The number of aromatic nitrogens is 2. The molecule has 6 heteroatoms. The van der Waals surface area contributed by atoms with Crippen molar-refractivity contribution in [1.29, 1.82) is 0 Å². The van der Waals surface area contributed by atoms with E-state index in [0.29, 0.717) is 12.0 Å². The summed E-state index contributed by atoms with van der Waals surface area (Å²) in [4.78, 5) is 21.1. The van der Waals surface area contributed by atoms with Gasteiger partial charge in [-0.05, 0) is 43.7 Å². The van der Waals surface area contributed by atoms with Crippen LogP contribution in [0.2, 0.25) is 0 Å². The first-order valence-electron chi connectivity index (χ1n) is 9.68. The molecular formula is C20H26N4OS. The highest BCUT2D eigenvalue weighted by Crippen LogP contribution is 2.33. The molecule has 1 saturated heterocycles. The van der Waals surface area contributed by atoms with Crippen LogP contribution in [-0.2, 0) is 11.2 Å². The molecule has 26 heavy (non-hydrogen) atoms. The van der Waals surface area contributed by atoms with E-state index in [9.17, 15) is 4.79 Å². The predicted molar refractivity (Wildman–Crippen MR) is 104 cm³/mol. The predicted octanol–water partition coefficient (Wildman–Crippen LogP) is 3.17. The highest BCUT2D eigenvalue weighted by molar-refractivity contribution is 7.09. The molecule has 1 amide bonds. The van der Waals surface area contributed by atoms with Gasteiger partial charge in [-0.15, -0.1) is 11.3 Å². The van der Waals surface area contributed by atoms with Gasteiger partial charge in [0.25, 0.3) is 0 Å². The van der Waals surface area contributed by atoms with Crippen molar-refractivity contribution in [3.63, 3.8) is 0 Å². The Labute approximate surface area is 158 Å². The van der Waals surface area contributed by atoms with E-state index in [1.165, 1.54) is 25.7 Å². The van der Waals surface area contributed by atoms with Gasteiger partial charge in [-0.2, -0.15) is 0 Å². The first kappa shape index (κ1) is 17.6. The molecule has 2 aromatic rings. The molecule has 2 fully saturated rings. The van der Waals surface area contributed by atoms with Gasteiger partial charge < -0.3 is 10.6 Å². The maximum Gasteiger partial charge on any atom is 0.237 e. The fourth-order valence-corrected chi connectivity index (χ4v) is 5.03. The van der Waals surface area contributed by atoms with Gasteiger partial charge in [0.05, 0.1) is 16.7 Å². The average Bonchev–Trinajstić information content (AvgIpc) is 3.33. The zero-order chi connectivity index (χ0) is 17.8. The Morgan fingerprint density at radius 3 is 2.96 bits per heavy atom. The topological polar surface area (TPSA) is 66.9 Å². The van der Waals surface area contributed by atoms with Gasteiger partial charge in [0.15, 0.2) is 0 Å². The van der Waals surface area contributed by atoms with E-state index in [1.807, 2.05) is 12.1 Å². The number of aryl methyl sites for hydroxylation is 1. The van der Waals surface area contributed by atoms with Crippen LogP contribution in [0.1, 0.15) is 43.5 Å². The lowest BCUT2D eigenvalue weighted by molar-refractivity contribution is -0.122. The molecule has 1 saturated carbocycles. The fraction of sp³-hybridized carbons (Fsp3) is 0.550. The normalized spacial score (nSPS) is 25.0. The summed E-state index contributed by atoms with van der Waals surface area (Å²) < 4.78 is 0. The second-order valence-corrected chi connectivity index (χ2v) is 8.31. The van der Waals surface area contributed by atoms with Crippen molar-refractivity contribution < 1.29 is 4.79 Å². The summed E-state index contributed by atoms with van der Waals surface area (Å²) >= 11 is 1.69. The second kappa shape index (κ2) is 8.27. The molecule has 0 bridgehead atoms. The summed E-state index contributed by atoms with van der Waals surface area (Å²) in [6, 6.07) is 4.54. The van der Waals surface area contributed by atoms with Crippen LogP contribution in [0.4, 0.5) is 0 Å². The van der Waals surface area contributed by atoms with Gasteiger partial charge >= 0.3 is 0 Å². The van der Waals surface area contributed by atoms with E-state index in [0.717, 1.165) is 42.1 Å². The number of carbonyl (C=O) groups is 1. The lowest BCUT2D eigenvalue weighted by Crippen LogP contribution is -2.43. The highest BCUT2D eigenvalue weighted by Gasteiger charge is 2.37. The van der Waals surface area contributed by atoms with Crippen LogP contribution in [0, 0.1) is 5.92 Å². The van der Waals surface area contributed by atoms with Crippen molar-refractivity contribution in [1.82, 2.24) is 20.6 Å². The van der Waals surface area contributed by atoms with Gasteiger partial charge in [-0.3, -0.25) is 9.78 Å². The minimum absolute atomic E-state index is 0.0151. The maximum absolute atomic E-state index is 12.4. The van der Waals surface area contributed by atoms with Gasteiger partial charge in [0.2, 0.25) is 5.91 Å². The van der Waals surface area contributed by atoms with Crippen molar-refractivity contribution in [2.24, 2.45) is 5.92 Å². The Hall–Kier alpha value is -1.79. The minimum Gasteiger partial charge on any atom is -0.355 e. The zero-order valence-electron chi connectivity index (χ0n) is 15.0. The molecule has 1 aliphatic carbocycles. The summed E-state index contributed by atoms with van der Waals surface area (Å²) in [5.41, 5.74) is 2.11. The van der Waals surface area contributed by atoms with E-state index in [1.54, 1.807) is 23.7 Å². The van der Waals surface area contributed by atoms with Crippen LogP contribution in [0.25, 0.3) is 11.3 Å². The number of hydrogen-bond acceptors (Lipinski definition) is 5. The third kappa shape index (κ3) is 4.13. The largest absolute Gasteiger partial charge is 0.355 e. The van der Waals surface area contributed by atoms with Gasteiger partial charge in [-0.25, -0.2) is 4.98 Å². The Morgan fingerprint density at radius 2 is 2.12 bits per heavy atom. The molecule has 3 heterocycles. The van der Waals surface area contributed by atoms with E-state index in [2.05, 4.69) is 26.0 Å². The number of nitrogens with zero attached hydrogens (tertiary/aromatic N) is 2. The molecule has 5 nitrogen and oxygen atoms in total. The van der Waals surface area contributed by atoms with Gasteiger partial charge in [-0.1, -0.05) is 12.8 Å². The lowest BCUT2D eigenvalue weighted by Gasteiger charge is -2.24. The summed E-state index contributed by atoms with van der Waals surface area (Å²) in [5.74, 6) is 0.887. The van der Waals surface area contributed by atoms with Crippen LogP contribution in [0.15, 0.2) is 29.9 Å². The van der Waals surface area contributed by atoms with Crippen molar-refractivity contribution >= 4 is 17.2 Å². The monoisotopic (exact) mass is 370 g/mol. The number of amides is 1. The Morgan fingerprint density at radius 1 is 1.27 bits per heavy atom. The van der Waals surface area contributed by atoms with Crippen LogP contribution < -0.4 is 10.6 Å². The first-order valence-corrected chi connectivity index (χ1v) is 10.6. The number of thiazole rings is 1. The molecule has 0 aromatic carbocycles. The molecule has 2 N–H and O–H groups in total. The van der Waals surface area contributed by atoms with Crippen LogP contribution >= 0.6 is 11.3 Å². The van der Waals surface area contributed by atoms with E-state index in [4.69, 9.17) is 0 Å². The minimum atomic E-state index is 0.0151. The maximum atomic E-state index is 12.4. The van der Waals surface area contributed by atoms with E-state index < -0.39 is 0 Å². The average molecular weight is 371 g/mol. The smallest absolute Gasteiger partial charge is 0.237 e. The third-order valence-corrected chi connectivity index (χ3v) is 6.48. The Bertz CT molecular complexity index is 718. The molecule has 1 aliphatic heterocycles. The standard InChI is InChI=1S/C20H26N4OS/c25-20(17-12-15-4-1-2-5-16(15)23-17)22-9-3-6-19-24-18(13-26-19)14-7-10-21-11-8-14/h7-8,10-11,13,15-17,23H,1-6,9,12H2,(H,22,25). The molecule has 138 valence electrons. The summed E-state index contributed by atoms with van der Waals surface area (Å²) in [6.45, 7) is 0.719. The summed E-state index contributed by atoms with van der Waals surface area (Å²) in [5, 5.41) is 9.87. The molecule has 4 rings (SSSR count). The fourth-order valence-electron chi connectivity index (χ4n) is 4.18. The number of carbonyl (C=O) groups excluding carboxylic acids is 1. The second-order valence-electron chi connectivity index (χ2n) is 7.36. The molecule has 0 radical (unpaired) electrons. The Kier molecular flexibility index (Phi) is 5.60. The van der Waals surface area contributed by atoms with Gasteiger partial charge in [0, 0.05) is 42.3 Å². The lowest BCUT2D eigenvalue weighted by atomic mass is 9.85. The number of hydrogen-bond donors (Lipinski definition) is 2. The highest BCUT2D eigenvalue weighted by atomic mass is 32.1. The summed E-state index contributed by atoms with van der Waals surface area (Å²) in [6.07, 6.45) is 11.6. The third-order valence-electron chi connectivity index (χ3n) is 5.57. The number of fused-ring (bicyclic) bond motifs is 1. The quantitative estimate of drug-likeness (QED) is 0.767. The number of rotatable bonds is 6. The molecule has 2 aliphatic rings. The van der Waals surface area contributed by atoms with E-state index in [-0.39, 0.29) is 11.9 Å². The first-order chi connectivity index (χ1) is 12.8. The van der Waals surface area contributed by atoms with Crippen LogP contribution in [0.5, 0.6) is 0 Å². The molecular weight excluding hydrogens is 344 g/mol. The van der Waals surface area contributed by atoms with Crippen molar-refractivity contribution in [3.05, 3.63) is 34.9 Å².